The van der Waals surface area contributed by atoms with Gasteiger partial charge in [-0.15, -0.1) is 0 Å². The first kappa shape index (κ1) is 21.3. The summed E-state index contributed by atoms with van der Waals surface area (Å²) in [5, 5.41) is 11.0. The van der Waals surface area contributed by atoms with Gasteiger partial charge in [0, 0.05) is 17.7 Å². The third-order valence-electron chi connectivity index (χ3n) is 3.92. The van der Waals surface area contributed by atoms with Crippen molar-refractivity contribution < 1.29 is 29.0 Å². The number of amides is 2. The molecule has 25 heavy (non-hydrogen) atoms. The number of hydrogen-bond acceptors (Lipinski definition) is 6. The van der Waals surface area contributed by atoms with Gasteiger partial charge in [-0.05, 0) is 19.8 Å². The van der Waals surface area contributed by atoms with E-state index in [1.54, 1.807) is 13.8 Å². The summed E-state index contributed by atoms with van der Waals surface area (Å²) in [7, 11) is 0. The molecule has 1 aliphatic rings. The van der Waals surface area contributed by atoms with E-state index in [1.807, 2.05) is 0 Å². The zero-order chi connectivity index (χ0) is 18.8. The number of carboxylic acids is 1. The topological polar surface area (TPSA) is 113 Å². The van der Waals surface area contributed by atoms with Crippen molar-refractivity contribution in [3.8, 4) is 0 Å². The van der Waals surface area contributed by atoms with E-state index in [9.17, 15) is 19.2 Å². The predicted octanol–water partition coefficient (Wildman–Crippen LogP) is 1.48. The van der Waals surface area contributed by atoms with Crippen LogP contribution in [-0.4, -0.2) is 64.6 Å². The average Bonchev–Trinajstić information content (AvgIpc) is 3.09. The van der Waals surface area contributed by atoms with Crippen LogP contribution in [0.3, 0.4) is 0 Å². The minimum atomic E-state index is -1.03. The Labute approximate surface area is 151 Å². The summed E-state index contributed by atoms with van der Waals surface area (Å²) >= 11 is 0.899. The Bertz CT molecular complexity index is 493. The summed E-state index contributed by atoms with van der Waals surface area (Å²) < 4.78 is 4.70. The lowest BCUT2D eigenvalue weighted by Gasteiger charge is -2.29. The highest BCUT2D eigenvalue weighted by Crippen LogP contribution is 2.25. The van der Waals surface area contributed by atoms with Gasteiger partial charge >= 0.3 is 11.9 Å². The van der Waals surface area contributed by atoms with Crippen LogP contribution in [0.2, 0.25) is 0 Å². The second kappa shape index (κ2) is 11.0. The molecule has 1 atom stereocenters. The van der Waals surface area contributed by atoms with Gasteiger partial charge in [-0.3, -0.25) is 19.2 Å². The van der Waals surface area contributed by atoms with E-state index in [1.165, 1.54) is 4.90 Å². The molecule has 0 saturated heterocycles. The first-order chi connectivity index (χ1) is 11.8. The minimum Gasteiger partial charge on any atom is -0.480 e. The Morgan fingerprint density at radius 2 is 1.92 bits per heavy atom. The van der Waals surface area contributed by atoms with Crippen molar-refractivity contribution >= 4 is 34.8 Å². The molecule has 142 valence electrons. The first-order valence-electron chi connectivity index (χ1n) is 8.43. The number of hydrogen-bond donors (Lipinski definition) is 2. The number of aliphatic carboxylic acids is 1. The molecule has 1 rings (SSSR count). The number of nitrogens with zero attached hydrogens (tertiary/aromatic N) is 1. The van der Waals surface area contributed by atoms with Crippen LogP contribution in [0.25, 0.3) is 0 Å². The second-order valence-electron chi connectivity index (χ2n) is 5.96. The molecule has 0 heterocycles. The van der Waals surface area contributed by atoms with Crippen LogP contribution in [-0.2, 0) is 19.1 Å². The highest BCUT2D eigenvalue weighted by molar-refractivity contribution is 8.13. The third kappa shape index (κ3) is 7.76. The third-order valence-corrected chi connectivity index (χ3v) is 5.00. The highest BCUT2D eigenvalue weighted by Gasteiger charge is 2.31. The second-order valence-corrected chi connectivity index (χ2v) is 6.95. The fourth-order valence-corrected chi connectivity index (χ4v) is 3.43. The number of carbonyl (C=O) groups excluding carboxylic acids is 3. The molecular formula is C16H26N2O6S. The summed E-state index contributed by atoms with van der Waals surface area (Å²) in [6.45, 7) is 3.07. The van der Waals surface area contributed by atoms with Gasteiger partial charge in [-0.1, -0.05) is 31.5 Å². The Kier molecular flexibility index (Phi) is 9.33. The van der Waals surface area contributed by atoms with Gasteiger partial charge in [0.1, 0.15) is 13.1 Å². The van der Waals surface area contributed by atoms with Crippen molar-refractivity contribution in [2.75, 3.05) is 25.4 Å². The number of ether oxygens (including phenoxy) is 1. The van der Waals surface area contributed by atoms with E-state index in [-0.39, 0.29) is 37.4 Å². The fourth-order valence-electron chi connectivity index (χ4n) is 2.71. The molecule has 8 nitrogen and oxygen atoms in total. The zero-order valence-corrected chi connectivity index (χ0v) is 15.5. The van der Waals surface area contributed by atoms with Gasteiger partial charge in [0.2, 0.25) is 5.91 Å². The Morgan fingerprint density at radius 3 is 2.48 bits per heavy atom. The van der Waals surface area contributed by atoms with Gasteiger partial charge in [-0.25, -0.2) is 0 Å². The number of esters is 1. The SMILES string of the molecule is CCOC(=O)CNC(=O)SCC(C)C(=O)N(CC(=O)O)C1CCCC1. The summed E-state index contributed by atoms with van der Waals surface area (Å²) in [5.74, 6) is -2.07. The number of nitrogens with one attached hydrogen (secondary N) is 1. The molecular weight excluding hydrogens is 348 g/mol. The first-order valence-corrected chi connectivity index (χ1v) is 9.42. The lowest BCUT2D eigenvalue weighted by atomic mass is 10.1. The van der Waals surface area contributed by atoms with Crippen LogP contribution >= 0.6 is 11.8 Å². The maximum Gasteiger partial charge on any atom is 0.325 e. The molecule has 0 aromatic rings. The predicted molar refractivity (Wildman–Crippen MR) is 93.3 cm³/mol. The largest absolute Gasteiger partial charge is 0.480 e. The molecule has 2 amide bonds. The normalized spacial score (nSPS) is 15.4. The van der Waals surface area contributed by atoms with Crippen LogP contribution in [0.5, 0.6) is 0 Å². The van der Waals surface area contributed by atoms with Gasteiger partial charge < -0.3 is 20.1 Å². The number of rotatable bonds is 9. The Balaban J connectivity index is 2.46. The molecule has 1 saturated carbocycles. The van der Waals surface area contributed by atoms with Crippen molar-refractivity contribution in [1.82, 2.24) is 10.2 Å². The van der Waals surface area contributed by atoms with Crippen LogP contribution in [0.4, 0.5) is 4.79 Å². The summed E-state index contributed by atoms with van der Waals surface area (Å²) in [6, 6.07) is -0.0336. The van der Waals surface area contributed by atoms with Crippen LogP contribution in [0, 0.1) is 5.92 Å². The van der Waals surface area contributed by atoms with Crippen molar-refractivity contribution in [1.29, 1.82) is 0 Å². The monoisotopic (exact) mass is 374 g/mol. The standard InChI is InChI=1S/C16H26N2O6S/c1-3-24-14(21)8-17-16(23)25-10-11(2)15(22)18(9-13(19)20)12-6-4-5-7-12/h11-12H,3-10H2,1-2H3,(H,17,23)(H,19,20). The van der Waals surface area contributed by atoms with E-state index in [2.05, 4.69) is 5.32 Å². The quantitative estimate of drug-likeness (QED) is 0.588. The van der Waals surface area contributed by atoms with Crippen LogP contribution in [0.1, 0.15) is 39.5 Å². The smallest absolute Gasteiger partial charge is 0.325 e. The molecule has 0 bridgehead atoms. The van der Waals surface area contributed by atoms with E-state index in [0.29, 0.717) is 0 Å². The average molecular weight is 374 g/mol. The van der Waals surface area contributed by atoms with E-state index < -0.39 is 23.1 Å². The number of carboxylic acid groups (broad SMARTS) is 1. The summed E-state index contributed by atoms with van der Waals surface area (Å²) in [5.41, 5.74) is 0. The molecule has 0 radical (unpaired) electrons. The molecule has 0 aromatic carbocycles. The van der Waals surface area contributed by atoms with Crippen LogP contribution in [0.15, 0.2) is 0 Å². The maximum absolute atomic E-state index is 12.6. The molecule has 0 aromatic heterocycles. The molecule has 1 unspecified atom stereocenters. The molecule has 1 aliphatic carbocycles. The van der Waals surface area contributed by atoms with Gasteiger partial charge in [0.15, 0.2) is 0 Å². The van der Waals surface area contributed by atoms with Gasteiger partial charge in [0.25, 0.3) is 5.24 Å². The Morgan fingerprint density at radius 1 is 1.28 bits per heavy atom. The van der Waals surface area contributed by atoms with Crippen molar-refractivity contribution in [2.45, 2.75) is 45.6 Å². The molecule has 1 fully saturated rings. The van der Waals surface area contributed by atoms with Gasteiger partial charge in [0.05, 0.1) is 6.61 Å². The molecule has 0 aliphatic heterocycles. The van der Waals surface area contributed by atoms with Crippen LogP contribution < -0.4 is 5.32 Å². The number of carbonyl (C=O) groups is 4. The van der Waals surface area contributed by atoms with E-state index in [0.717, 1.165) is 37.4 Å². The van der Waals surface area contributed by atoms with E-state index >= 15 is 0 Å². The zero-order valence-electron chi connectivity index (χ0n) is 14.7. The lowest BCUT2D eigenvalue weighted by Crippen LogP contribution is -2.45. The fraction of sp³-hybridized carbons (Fsp3) is 0.750. The van der Waals surface area contributed by atoms with Crippen molar-refractivity contribution in [3.05, 3.63) is 0 Å². The maximum atomic E-state index is 12.6. The summed E-state index contributed by atoms with van der Waals surface area (Å²) in [6.07, 6.45) is 3.62. The lowest BCUT2D eigenvalue weighted by molar-refractivity contribution is -0.147. The number of thioether (sulfide) groups is 1. The van der Waals surface area contributed by atoms with Crippen molar-refractivity contribution in [3.63, 3.8) is 0 Å². The molecule has 9 heteroatoms. The summed E-state index contributed by atoms with van der Waals surface area (Å²) in [4.78, 5) is 47.9. The van der Waals surface area contributed by atoms with Crippen molar-refractivity contribution in [2.24, 2.45) is 5.92 Å². The Hall–Kier alpha value is -1.77. The highest BCUT2D eigenvalue weighted by atomic mass is 32.2. The minimum absolute atomic E-state index is 0.0336. The molecule has 2 N–H and O–H groups in total. The van der Waals surface area contributed by atoms with E-state index in [4.69, 9.17) is 9.84 Å². The van der Waals surface area contributed by atoms with Gasteiger partial charge in [-0.2, -0.15) is 0 Å². The molecule has 0 spiro atoms.